The van der Waals surface area contributed by atoms with Gasteiger partial charge in [-0.05, 0) is 25.2 Å². The molecule has 0 aromatic carbocycles. The van der Waals surface area contributed by atoms with E-state index in [0.29, 0.717) is 12.5 Å². The van der Waals surface area contributed by atoms with Gasteiger partial charge in [0, 0.05) is 26.2 Å². The van der Waals surface area contributed by atoms with E-state index < -0.39 is 5.54 Å². The van der Waals surface area contributed by atoms with Crippen LogP contribution in [0.2, 0.25) is 0 Å². The third-order valence-corrected chi connectivity index (χ3v) is 4.55. The minimum absolute atomic E-state index is 0.0230. The number of nitrogens with zero attached hydrogens (tertiary/aromatic N) is 1. The Morgan fingerprint density at radius 2 is 2.14 bits per heavy atom. The van der Waals surface area contributed by atoms with Gasteiger partial charge in [0.25, 0.3) is 0 Å². The molecule has 1 saturated heterocycles. The van der Waals surface area contributed by atoms with Crippen molar-refractivity contribution in [2.24, 2.45) is 11.7 Å². The lowest BCUT2D eigenvalue weighted by molar-refractivity contribution is -0.126. The van der Waals surface area contributed by atoms with Crippen molar-refractivity contribution in [3.8, 4) is 0 Å². The average Bonchev–Trinajstić information content (AvgIpc) is 2.86. The van der Waals surface area contributed by atoms with E-state index >= 15 is 0 Å². The molecule has 1 heterocycles. The molecule has 5 nitrogen and oxygen atoms in total. The molecular weight excluding hydrogens is 266 g/mol. The molecule has 5 heteroatoms. The van der Waals surface area contributed by atoms with Gasteiger partial charge in [-0.1, -0.05) is 26.7 Å². The van der Waals surface area contributed by atoms with Gasteiger partial charge in [-0.25, -0.2) is 0 Å². The number of hydrogen-bond donors (Lipinski definition) is 2. The van der Waals surface area contributed by atoms with Crippen LogP contribution < -0.4 is 11.1 Å². The highest BCUT2D eigenvalue weighted by atomic mass is 16.5. The Bertz CT molecular complexity index is 340. The van der Waals surface area contributed by atoms with E-state index in [1.54, 1.807) is 0 Å². The van der Waals surface area contributed by atoms with Gasteiger partial charge in [-0.15, -0.1) is 0 Å². The zero-order valence-electron chi connectivity index (χ0n) is 13.6. The fraction of sp³-hybridized carbons (Fsp3) is 0.938. The zero-order valence-corrected chi connectivity index (χ0v) is 13.6. The van der Waals surface area contributed by atoms with E-state index in [0.717, 1.165) is 58.3 Å². The third-order valence-electron chi connectivity index (χ3n) is 4.55. The Morgan fingerprint density at radius 3 is 2.81 bits per heavy atom. The summed E-state index contributed by atoms with van der Waals surface area (Å²) in [5, 5.41) is 3.01. The van der Waals surface area contributed by atoms with Crippen LogP contribution in [0, 0.1) is 5.92 Å². The van der Waals surface area contributed by atoms with Crippen molar-refractivity contribution in [3.05, 3.63) is 0 Å². The summed E-state index contributed by atoms with van der Waals surface area (Å²) in [4.78, 5) is 14.6. The van der Waals surface area contributed by atoms with Crippen LogP contribution in [-0.4, -0.2) is 55.2 Å². The minimum atomic E-state index is -0.614. The van der Waals surface area contributed by atoms with E-state index in [2.05, 4.69) is 24.1 Å². The van der Waals surface area contributed by atoms with Crippen molar-refractivity contribution >= 4 is 5.91 Å². The van der Waals surface area contributed by atoms with Crippen molar-refractivity contribution < 1.29 is 9.53 Å². The van der Waals surface area contributed by atoms with Gasteiger partial charge < -0.3 is 15.8 Å². The number of carbonyl (C=O) groups is 1. The first-order chi connectivity index (χ1) is 9.99. The van der Waals surface area contributed by atoms with Crippen LogP contribution in [0.1, 0.15) is 46.0 Å². The molecule has 0 radical (unpaired) electrons. The number of hydrogen-bond acceptors (Lipinski definition) is 4. The van der Waals surface area contributed by atoms with Crippen LogP contribution in [0.4, 0.5) is 0 Å². The van der Waals surface area contributed by atoms with Crippen LogP contribution in [0.15, 0.2) is 0 Å². The van der Waals surface area contributed by atoms with Gasteiger partial charge >= 0.3 is 0 Å². The molecule has 1 saturated carbocycles. The number of carbonyl (C=O) groups excluding carboxylic acids is 1. The molecule has 0 aromatic rings. The molecule has 1 aliphatic heterocycles. The summed E-state index contributed by atoms with van der Waals surface area (Å²) in [5.74, 6) is 0.706. The molecule has 2 fully saturated rings. The molecule has 0 spiro atoms. The maximum absolute atomic E-state index is 12.1. The fourth-order valence-electron chi connectivity index (χ4n) is 3.39. The molecule has 0 bridgehead atoms. The van der Waals surface area contributed by atoms with Gasteiger partial charge in [0.1, 0.15) is 0 Å². The summed E-state index contributed by atoms with van der Waals surface area (Å²) < 4.78 is 5.80. The largest absolute Gasteiger partial charge is 0.375 e. The maximum Gasteiger partial charge on any atom is 0.240 e. The van der Waals surface area contributed by atoms with Crippen molar-refractivity contribution in [2.75, 3.05) is 32.8 Å². The highest BCUT2D eigenvalue weighted by Gasteiger charge is 2.36. The van der Waals surface area contributed by atoms with E-state index in [4.69, 9.17) is 10.5 Å². The number of nitrogens with one attached hydrogen (secondary N) is 1. The number of nitrogens with two attached hydrogens (primary N) is 1. The monoisotopic (exact) mass is 297 g/mol. The SMILES string of the molecule is CC(C)CN1CCOC(CCNC(=O)C2(N)CCCC2)C1. The number of morpholine rings is 1. The van der Waals surface area contributed by atoms with Crippen molar-refractivity contribution in [3.63, 3.8) is 0 Å². The lowest BCUT2D eigenvalue weighted by atomic mass is 9.98. The van der Waals surface area contributed by atoms with Crippen molar-refractivity contribution in [1.29, 1.82) is 0 Å². The molecule has 3 N–H and O–H groups in total. The standard InChI is InChI=1S/C16H31N3O2/c1-13(2)11-19-9-10-21-14(12-19)5-8-18-15(20)16(17)6-3-4-7-16/h13-14H,3-12,17H2,1-2H3,(H,18,20). The maximum atomic E-state index is 12.1. The summed E-state index contributed by atoms with van der Waals surface area (Å²) in [7, 11) is 0. The number of rotatable bonds is 6. The van der Waals surface area contributed by atoms with Crippen LogP contribution >= 0.6 is 0 Å². The first kappa shape index (κ1) is 16.7. The second-order valence-electron chi connectivity index (χ2n) is 7.05. The van der Waals surface area contributed by atoms with Gasteiger partial charge in [-0.2, -0.15) is 0 Å². The summed E-state index contributed by atoms with van der Waals surface area (Å²) >= 11 is 0. The van der Waals surface area contributed by atoms with Gasteiger partial charge in [0.05, 0.1) is 18.2 Å². The van der Waals surface area contributed by atoms with Crippen LogP contribution in [-0.2, 0) is 9.53 Å². The van der Waals surface area contributed by atoms with E-state index in [1.807, 2.05) is 0 Å². The Hall–Kier alpha value is -0.650. The molecular formula is C16H31N3O2. The lowest BCUT2D eigenvalue weighted by Gasteiger charge is -2.34. The minimum Gasteiger partial charge on any atom is -0.375 e. The quantitative estimate of drug-likeness (QED) is 0.771. The first-order valence-electron chi connectivity index (χ1n) is 8.41. The van der Waals surface area contributed by atoms with Crippen molar-refractivity contribution in [1.82, 2.24) is 10.2 Å². The molecule has 1 aliphatic carbocycles. The zero-order chi connectivity index (χ0) is 15.3. The Balaban J connectivity index is 1.67. The second-order valence-corrected chi connectivity index (χ2v) is 7.05. The summed E-state index contributed by atoms with van der Waals surface area (Å²) in [6.45, 7) is 9.07. The highest BCUT2D eigenvalue weighted by molar-refractivity contribution is 5.86. The van der Waals surface area contributed by atoms with E-state index in [-0.39, 0.29) is 12.0 Å². The molecule has 1 unspecified atom stereocenters. The topological polar surface area (TPSA) is 67.6 Å². The highest BCUT2D eigenvalue weighted by Crippen LogP contribution is 2.27. The van der Waals surface area contributed by atoms with E-state index in [9.17, 15) is 4.79 Å². The first-order valence-corrected chi connectivity index (χ1v) is 8.41. The molecule has 1 amide bonds. The third kappa shape index (κ3) is 4.94. The van der Waals surface area contributed by atoms with Gasteiger partial charge in [0.2, 0.25) is 5.91 Å². The van der Waals surface area contributed by atoms with Crippen LogP contribution in [0.3, 0.4) is 0 Å². The Kier molecular flexibility index (Phi) is 6.02. The number of amides is 1. The molecule has 2 aliphatic rings. The van der Waals surface area contributed by atoms with Gasteiger partial charge in [0.15, 0.2) is 0 Å². The molecule has 2 rings (SSSR count). The second kappa shape index (κ2) is 7.56. The smallest absolute Gasteiger partial charge is 0.240 e. The molecule has 0 aromatic heterocycles. The summed E-state index contributed by atoms with van der Waals surface area (Å²) in [6, 6.07) is 0. The van der Waals surface area contributed by atoms with Gasteiger partial charge in [-0.3, -0.25) is 9.69 Å². The predicted octanol–water partition coefficient (Wildman–Crippen LogP) is 1.12. The summed E-state index contributed by atoms with van der Waals surface area (Å²) in [6.07, 6.45) is 4.88. The molecule has 21 heavy (non-hydrogen) atoms. The predicted molar refractivity (Wildman–Crippen MR) is 84.0 cm³/mol. The number of ether oxygens (including phenoxy) is 1. The molecule has 122 valence electrons. The van der Waals surface area contributed by atoms with Crippen molar-refractivity contribution in [2.45, 2.75) is 57.6 Å². The fourth-order valence-corrected chi connectivity index (χ4v) is 3.39. The van der Waals surface area contributed by atoms with Crippen LogP contribution in [0.25, 0.3) is 0 Å². The Morgan fingerprint density at radius 1 is 1.43 bits per heavy atom. The summed E-state index contributed by atoms with van der Waals surface area (Å²) in [5.41, 5.74) is 5.53. The lowest BCUT2D eigenvalue weighted by Crippen LogP contribution is -2.52. The molecule has 1 atom stereocenters. The normalized spacial score (nSPS) is 26.2. The Labute approximate surface area is 128 Å². The van der Waals surface area contributed by atoms with E-state index in [1.165, 1.54) is 0 Å². The van der Waals surface area contributed by atoms with Crippen LogP contribution in [0.5, 0.6) is 0 Å². The average molecular weight is 297 g/mol.